The summed E-state index contributed by atoms with van der Waals surface area (Å²) in [6.45, 7) is 5.15. The number of nitrogens with zero attached hydrogens (tertiary/aromatic N) is 2. The molecular weight excluding hydrogens is 196 g/mol. The second-order valence-corrected chi connectivity index (χ2v) is 4.53. The van der Waals surface area contributed by atoms with Gasteiger partial charge in [0.2, 0.25) is 5.96 Å². The van der Waals surface area contributed by atoms with Gasteiger partial charge in [0, 0.05) is 31.1 Å². The third-order valence-corrected chi connectivity index (χ3v) is 3.16. The zero-order chi connectivity index (χ0) is 10.2. The molecule has 0 atom stereocenters. The van der Waals surface area contributed by atoms with E-state index in [0.29, 0.717) is 0 Å². The summed E-state index contributed by atoms with van der Waals surface area (Å²) in [5.74, 6) is 8.67. The number of rotatable bonds is 3. The number of aliphatic imine (C=N–C) groups is 1. The summed E-state index contributed by atoms with van der Waals surface area (Å²) in [6, 6.07) is 0. The van der Waals surface area contributed by atoms with Gasteiger partial charge in [-0.3, -0.25) is 10.4 Å². The predicted molar refractivity (Wildman–Crippen MR) is 63.4 cm³/mol. The van der Waals surface area contributed by atoms with Crippen molar-refractivity contribution in [1.29, 1.82) is 0 Å². The van der Waals surface area contributed by atoms with Gasteiger partial charge in [0.05, 0.1) is 0 Å². The van der Waals surface area contributed by atoms with Crippen LogP contribution in [0.1, 0.15) is 19.8 Å². The van der Waals surface area contributed by atoms with Gasteiger partial charge in [0.15, 0.2) is 0 Å². The minimum Gasteiger partial charge on any atom is -0.340 e. The Labute approximate surface area is 90.3 Å². The average Bonchev–Trinajstić information content (AvgIpc) is 2.26. The van der Waals surface area contributed by atoms with Crippen LogP contribution in [0.2, 0.25) is 0 Å². The van der Waals surface area contributed by atoms with Crippen molar-refractivity contribution in [2.75, 3.05) is 31.1 Å². The van der Waals surface area contributed by atoms with E-state index in [2.05, 4.69) is 22.2 Å². The van der Waals surface area contributed by atoms with Crippen molar-refractivity contribution in [3.05, 3.63) is 0 Å². The molecule has 0 spiro atoms. The van der Waals surface area contributed by atoms with E-state index in [4.69, 9.17) is 5.84 Å². The van der Waals surface area contributed by atoms with E-state index in [1.54, 1.807) is 0 Å². The molecule has 0 bridgehead atoms. The standard InChI is InChI=1S/C9H20N4S/c1-2-3-4-11-9(12-10)13-5-7-14-8-6-13/h2-8,10H2,1H3,(H,11,12). The van der Waals surface area contributed by atoms with E-state index in [1.165, 1.54) is 17.9 Å². The number of thioether (sulfide) groups is 1. The molecule has 0 aromatic rings. The van der Waals surface area contributed by atoms with Gasteiger partial charge in [-0.05, 0) is 6.42 Å². The molecule has 0 unspecified atom stereocenters. The highest BCUT2D eigenvalue weighted by Gasteiger charge is 2.13. The number of nitrogens with one attached hydrogen (secondary N) is 1. The molecule has 0 aromatic heterocycles. The van der Waals surface area contributed by atoms with Crippen molar-refractivity contribution in [2.24, 2.45) is 10.8 Å². The summed E-state index contributed by atoms with van der Waals surface area (Å²) in [5, 5.41) is 0. The number of nitrogens with two attached hydrogens (primary N) is 1. The second-order valence-electron chi connectivity index (χ2n) is 3.30. The smallest absolute Gasteiger partial charge is 0.208 e. The average molecular weight is 216 g/mol. The first kappa shape index (κ1) is 11.7. The van der Waals surface area contributed by atoms with Crippen molar-refractivity contribution < 1.29 is 0 Å². The minimum atomic E-state index is 0.860. The molecule has 1 heterocycles. The highest BCUT2D eigenvalue weighted by atomic mass is 32.2. The molecular formula is C9H20N4S. The lowest BCUT2D eigenvalue weighted by Gasteiger charge is -2.28. The zero-order valence-corrected chi connectivity index (χ0v) is 9.65. The second kappa shape index (κ2) is 6.95. The van der Waals surface area contributed by atoms with Crippen molar-refractivity contribution in [3.63, 3.8) is 0 Å². The molecule has 0 amide bonds. The minimum absolute atomic E-state index is 0.860. The van der Waals surface area contributed by atoms with Crippen molar-refractivity contribution >= 4 is 17.7 Å². The lowest BCUT2D eigenvalue weighted by molar-refractivity contribution is 0.442. The van der Waals surface area contributed by atoms with Gasteiger partial charge < -0.3 is 4.90 Å². The number of hydrogen-bond acceptors (Lipinski definition) is 3. The maximum absolute atomic E-state index is 5.46. The number of unbranched alkanes of at least 4 members (excludes halogenated alkanes) is 1. The molecule has 1 rings (SSSR count). The molecule has 4 nitrogen and oxygen atoms in total. The predicted octanol–water partition coefficient (Wildman–Crippen LogP) is 0.655. The Kier molecular flexibility index (Phi) is 5.78. The van der Waals surface area contributed by atoms with Crippen LogP contribution in [0.15, 0.2) is 4.99 Å². The SMILES string of the molecule is CCCCN=C(NN)N1CCSCC1. The lowest BCUT2D eigenvalue weighted by Crippen LogP contribution is -2.48. The van der Waals surface area contributed by atoms with Crippen LogP contribution in [0.25, 0.3) is 0 Å². The molecule has 0 aromatic carbocycles. The molecule has 14 heavy (non-hydrogen) atoms. The van der Waals surface area contributed by atoms with Crippen LogP contribution in [0.5, 0.6) is 0 Å². The van der Waals surface area contributed by atoms with E-state index in [9.17, 15) is 0 Å². The highest BCUT2D eigenvalue weighted by Crippen LogP contribution is 2.08. The van der Waals surface area contributed by atoms with Crippen LogP contribution < -0.4 is 11.3 Å². The summed E-state index contributed by atoms with van der Waals surface area (Å²) in [7, 11) is 0. The highest BCUT2D eigenvalue weighted by molar-refractivity contribution is 7.99. The molecule has 82 valence electrons. The Morgan fingerprint density at radius 2 is 2.21 bits per heavy atom. The fourth-order valence-electron chi connectivity index (χ4n) is 1.36. The quantitative estimate of drug-likeness (QED) is 0.239. The molecule has 0 radical (unpaired) electrons. The van der Waals surface area contributed by atoms with Crippen molar-refractivity contribution in [1.82, 2.24) is 10.3 Å². The third kappa shape index (κ3) is 3.75. The summed E-state index contributed by atoms with van der Waals surface area (Å²) >= 11 is 1.99. The first-order chi connectivity index (χ1) is 6.88. The van der Waals surface area contributed by atoms with E-state index < -0.39 is 0 Å². The van der Waals surface area contributed by atoms with Gasteiger partial charge in [0.1, 0.15) is 0 Å². The summed E-state index contributed by atoms with van der Waals surface area (Å²) < 4.78 is 0. The molecule has 1 fully saturated rings. The zero-order valence-electron chi connectivity index (χ0n) is 8.83. The Bertz CT molecular complexity index is 178. The number of guanidine groups is 1. The monoisotopic (exact) mass is 216 g/mol. The maximum Gasteiger partial charge on any atom is 0.208 e. The molecule has 1 aliphatic rings. The first-order valence-electron chi connectivity index (χ1n) is 5.22. The Morgan fingerprint density at radius 3 is 2.79 bits per heavy atom. The van der Waals surface area contributed by atoms with E-state index in [-0.39, 0.29) is 0 Å². The Hall–Kier alpha value is -0.420. The summed E-state index contributed by atoms with van der Waals surface area (Å²) in [4.78, 5) is 6.68. The topological polar surface area (TPSA) is 53.6 Å². The van der Waals surface area contributed by atoms with Crippen LogP contribution in [0.4, 0.5) is 0 Å². The first-order valence-corrected chi connectivity index (χ1v) is 6.37. The summed E-state index contributed by atoms with van der Waals surface area (Å²) in [5.41, 5.74) is 2.70. The summed E-state index contributed by atoms with van der Waals surface area (Å²) in [6.07, 6.45) is 2.31. The number of hydrazine groups is 1. The van der Waals surface area contributed by atoms with Gasteiger partial charge >= 0.3 is 0 Å². The van der Waals surface area contributed by atoms with Gasteiger partial charge in [-0.15, -0.1) is 0 Å². The van der Waals surface area contributed by atoms with Crippen LogP contribution in [0, 0.1) is 0 Å². The van der Waals surface area contributed by atoms with E-state index >= 15 is 0 Å². The fourth-order valence-corrected chi connectivity index (χ4v) is 2.26. The molecule has 3 N–H and O–H groups in total. The van der Waals surface area contributed by atoms with Gasteiger partial charge in [-0.2, -0.15) is 11.8 Å². The van der Waals surface area contributed by atoms with Gasteiger partial charge in [0.25, 0.3) is 0 Å². The molecule has 5 heteroatoms. The van der Waals surface area contributed by atoms with Crippen LogP contribution in [0.3, 0.4) is 0 Å². The van der Waals surface area contributed by atoms with Crippen LogP contribution in [-0.4, -0.2) is 42.0 Å². The number of hydrogen-bond donors (Lipinski definition) is 2. The van der Waals surface area contributed by atoms with E-state index in [0.717, 1.165) is 32.0 Å². The molecule has 1 aliphatic heterocycles. The lowest BCUT2D eigenvalue weighted by atomic mass is 10.3. The molecule has 1 saturated heterocycles. The van der Waals surface area contributed by atoms with Gasteiger partial charge in [-0.1, -0.05) is 13.3 Å². The third-order valence-electron chi connectivity index (χ3n) is 2.21. The molecule has 0 aliphatic carbocycles. The normalized spacial score (nSPS) is 18.4. The largest absolute Gasteiger partial charge is 0.340 e. The van der Waals surface area contributed by atoms with E-state index in [1.807, 2.05) is 11.8 Å². The Morgan fingerprint density at radius 1 is 1.50 bits per heavy atom. The molecule has 0 saturated carbocycles. The van der Waals surface area contributed by atoms with Crippen LogP contribution in [-0.2, 0) is 0 Å². The fraction of sp³-hybridized carbons (Fsp3) is 0.889. The van der Waals surface area contributed by atoms with Gasteiger partial charge in [-0.25, -0.2) is 5.84 Å². The van der Waals surface area contributed by atoms with Crippen LogP contribution >= 0.6 is 11.8 Å². The maximum atomic E-state index is 5.46. The van der Waals surface area contributed by atoms with Crippen molar-refractivity contribution in [3.8, 4) is 0 Å². The Balaban J connectivity index is 2.38. The van der Waals surface area contributed by atoms with Crippen molar-refractivity contribution in [2.45, 2.75) is 19.8 Å².